The van der Waals surface area contributed by atoms with Crippen LogP contribution in [-0.4, -0.2) is 39.7 Å². The Hall–Kier alpha value is -3.42. The summed E-state index contributed by atoms with van der Waals surface area (Å²) >= 11 is 0. The van der Waals surface area contributed by atoms with E-state index in [0.717, 1.165) is 12.3 Å². The molecule has 4 N–H and O–H groups in total. The number of imidazole rings is 1. The van der Waals surface area contributed by atoms with E-state index in [4.69, 9.17) is 5.73 Å². The second kappa shape index (κ2) is 6.55. The van der Waals surface area contributed by atoms with Crippen molar-refractivity contribution >= 4 is 23.4 Å². The number of nitrogens with one attached hydrogen (secondary N) is 2. The lowest BCUT2D eigenvalue weighted by atomic mass is 9.97. The monoisotopic (exact) mass is 405 g/mol. The van der Waals surface area contributed by atoms with Crippen molar-refractivity contribution in [2.75, 3.05) is 6.54 Å². The van der Waals surface area contributed by atoms with E-state index in [2.05, 4.69) is 27.8 Å². The molecule has 3 aliphatic carbocycles. The van der Waals surface area contributed by atoms with Crippen LogP contribution >= 0.6 is 0 Å². The summed E-state index contributed by atoms with van der Waals surface area (Å²) in [6.45, 7) is 2.08. The van der Waals surface area contributed by atoms with E-state index in [1.807, 2.05) is 0 Å². The van der Waals surface area contributed by atoms with Gasteiger partial charge in [0.15, 0.2) is 0 Å². The van der Waals surface area contributed by atoms with Gasteiger partial charge in [0.2, 0.25) is 11.8 Å². The predicted octanol–water partition coefficient (Wildman–Crippen LogP) is 0.873. The lowest BCUT2D eigenvalue weighted by Crippen LogP contribution is -2.42. The number of allylic oxidation sites excluding steroid dienone is 3. The van der Waals surface area contributed by atoms with Gasteiger partial charge >= 0.3 is 0 Å². The van der Waals surface area contributed by atoms with Crippen molar-refractivity contribution in [3.63, 3.8) is 0 Å². The molecule has 8 heteroatoms. The minimum Gasteiger partial charge on any atom is -0.368 e. The quantitative estimate of drug-likeness (QED) is 0.592. The first kappa shape index (κ1) is 18.6. The highest BCUT2D eigenvalue weighted by Crippen LogP contribution is 2.82. The van der Waals surface area contributed by atoms with Crippen LogP contribution in [0.15, 0.2) is 47.7 Å². The summed E-state index contributed by atoms with van der Waals surface area (Å²) in [5.74, 6) is -0.406. The van der Waals surface area contributed by atoms with Gasteiger partial charge in [0, 0.05) is 18.2 Å². The highest BCUT2D eigenvalue weighted by atomic mass is 16.2. The number of primary amides is 1. The van der Waals surface area contributed by atoms with Crippen LogP contribution in [0.4, 0.5) is 0 Å². The van der Waals surface area contributed by atoms with E-state index in [1.54, 1.807) is 28.8 Å². The fourth-order valence-electron chi connectivity index (χ4n) is 4.50. The first-order valence-electron chi connectivity index (χ1n) is 10.1. The zero-order valence-corrected chi connectivity index (χ0v) is 16.6. The number of amides is 3. The minimum atomic E-state index is -0.752. The van der Waals surface area contributed by atoms with Gasteiger partial charge in [-0.1, -0.05) is 23.8 Å². The zero-order valence-electron chi connectivity index (χ0n) is 16.6. The molecule has 30 heavy (non-hydrogen) atoms. The van der Waals surface area contributed by atoms with Crippen molar-refractivity contribution in [2.45, 2.75) is 32.2 Å². The summed E-state index contributed by atoms with van der Waals surface area (Å²) in [4.78, 5) is 40.5. The number of nitrogens with two attached hydrogens (primary N) is 1. The lowest BCUT2D eigenvalue weighted by molar-refractivity contribution is -0.126. The van der Waals surface area contributed by atoms with E-state index >= 15 is 0 Å². The molecule has 0 saturated heterocycles. The largest absolute Gasteiger partial charge is 0.368 e. The van der Waals surface area contributed by atoms with E-state index in [0.29, 0.717) is 29.0 Å². The van der Waals surface area contributed by atoms with Gasteiger partial charge in [-0.3, -0.25) is 18.8 Å². The molecule has 8 nitrogen and oxygen atoms in total. The molecule has 3 unspecified atom stereocenters. The Kier molecular flexibility index (Phi) is 4.06. The van der Waals surface area contributed by atoms with Crippen LogP contribution in [-0.2, 0) is 16.0 Å². The maximum absolute atomic E-state index is 12.8. The van der Waals surface area contributed by atoms with Gasteiger partial charge in [0.25, 0.3) is 5.91 Å². The van der Waals surface area contributed by atoms with Crippen LogP contribution < -0.4 is 16.4 Å². The van der Waals surface area contributed by atoms with Crippen LogP contribution in [0.5, 0.6) is 0 Å². The van der Waals surface area contributed by atoms with Gasteiger partial charge in [0.1, 0.15) is 17.4 Å². The van der Waals surface area contributed by atoms with E-state index < -0.39 is 11.9 Å². The Morgan fingerprint density at radius 3 is 2.97 bits per heavy atom. The van der Waals surface area contributed by atoms with Crippen LogP contribution in [0.2, 0.25) is 0 Å². The summed E-state index contributed by atoms with van der Waals surface area (Å²) in [6, 6.07) is 4.53. The summed E-state index contributed by atoms with van der Waals surface area (Å²) in [7, 11) is 0. The molecule has 2 fully saturated rings. The van der Waals surface area contributed by atoms with Gasteiger partial charge in [-0.25, -0.2) is 4.98 Å². The van der Waals surface area contributed by atoms with Gasteiger partial charge in [0.05, 0.1) is 12.1 Å². The Balaban J connectivity index is 1.28. The Morgan fingerprint density at radius 1 is 1.37 bits per heavy atom. The molecule has 3 atom stereocenters. The van der Waals surface area contributed by atoms with E-state index in [-0.39, 0.29) is 18.2 Å². The summed E-state index contributed by atoms with van der Waals surface area (Å²) < 4.78 is 1.68. The van der Waals surface area contributed by atoms with Crippen LogP contribution in [0.1, 0.15) is 35.9 Å². The summed E-state index contributed by atoms with van der Waals surface area (Å²) in [5.41, 5.74) is 9.95. The molecule has 3 amide bonds. The second-order valence-electron chi connectivity index (χ2n) is 8.34. The fourth-order valence-corrected chi connectivity index (χ4v) is 4.50. The molecule has 0 radical (unpaired) electrons. The Labute approximate surface area is 173 Å². The van der Waals surface area contributed by atoms with Crippen molar-refractivity contribution in [1.29, 1.82) is 0 Å². The topological polar surface area (TPSA) is 119 Å². The highest BCUT2D eigenvalue weighted by Gasteiger charge is 2.74. The zero-order chi connectivity index (χ0) is 21.0. The van der Waals surface area contributed by atoms with Gasteiger partial charge in [-0.05, 0) is 43.4 Å². The van der Waals surface area contributed by atoms with Crippen molar-refractivity contribution in [3.05, 3.63) is 59.1 Å². The Morgan fingerprint density at radius 2 is 2.20 bits per heavy atom. The molecule has 2 aromatic rings. The van der Waals surface area contributed by atoms with Gasteiger partial charge in [-0.15, -0.1) is 0 Å². The van der Waals surface area contributed by atoms with Gasteiger partial charge in [-0.2, -0.15) is 0 Å². The minimum absolute atomic E-state index is 0.00753. The molecule has 0 aromatic carbocycles. The number of hydrogen-bond acceptors (Lipinski definition) is 4. The van der Waals surface area contributed by atoms with Crippen molar-refractivity contribution in [3.8, 4) is 0 Å². The third kappa shape index (κ3) is 2.99. The molecule has 154 valence electrons. The maximum atomic E-state index is 12.8. The third-order valence-corrected chi connectivity index (χ3v) is 6.31. The number of rotatable bonds is 7. The number of hydrogen-bond donors (Lipinski definition) is 3. The average molecular weight is 405 g/mol. The van der Waals surface area contributed by atoms with Crippen molar-refractivity contribution in [2.24, 2.45) is 17.1 Å². The smallest absolute Gasteiger partial charge is 0.268 e. The maximum Gasteiger partial charge on any atom is 0.268 e. The summed E-state index contributed by atoms with van der Waals surface area (Å²) in [5, 5.41) is 5.56. The number of nitrogens with zero attached hydrogens (tertiary/aromatic N) is 2. The molecular formula is C22H23N5O3. The first-order valence-corrected chi connectivity index (χ1v) is 10.1. The molecule has 1 spiro atoms. The predicted molar refractivity (Wildman–Crippen MR) is 109 cm³/mol. The van der Waals surface area contributed by atoms with Crippen molar-refractivity contribution in [1.82, 2.24) is 20.0 Å². The molecule has 5 rings (SSSR count). The second-order valence-corrected chi connectivity index (χ2v) is 8.34. The number of pyridine rings is 1. The van der Waals surface area contributed by atoms with E-state index in [1.165, 1.54) is 24.5 Å². The molecule has 0 bridgehead atoms. The number of aromatic nitrogens is 2. The fraction of sp³-hybridized carbons (Fsp3) is 0.364. The molecule has 2 saturated carbocycles. The Bertz CT molecular complexity index is 1160. The highest BCUT2D eigenvalue weighted by molar-refractivity contribution is 5.93. The molecule has 2 aromatic heterocycles. The lowest BCUT2D eigenvalue weighted by Gasteiger charge is -2.14. The van der Waals surface area contributed by atoms with Crippen LogP contribution in [0.25, 0.3) is 5.65 Å². The normalized spacial score (nSPS) is 24.1. The molecule has 0 aliphatic heterocycles. The molecule has 3 aliphatic rings. The molecule has 2 heterocycles. The number of carbonyl (C=O) groups is 3. The SMILES string of the molecule is CC(NC(=O)Cc1cn2c(C(=O)NCC3=C4C5CC45C=CC3)cccc2n1)C(N)=O. The molecular weight excluding hydrogens is 382 g/mol. The van der Waals surface area contributed by atoms with Crippen LogP contribution in [0.3, 0.4) is 0 Å². The van der Waals surface area contributed by atoms with Crippen LogP contribution in [0, 0.1) is 11.3 Å². The van der Waals surface area contributed by atoms with Crippen molar-refractivity contribution < 1.29 is 14.4 Å². The van der Waals surface area contributed by atoms with Gasteiger partial charge < -0.3 is 16.4 Å². The number of carbonyl (C=O) groups excluding carboxylic acids is 3. The van der Waals surface area contributed by atoms with E-state index in [9.17, 15) is 14.4 Å². The average Bonchev–Trinajstić information content (AvgIpc) is 3.51. The third-order valence-electron chi connectivity index (χ3n) is 6.31. The summed E-state index contributed by atoms with van der Waals surface area (Å²) in [6.07, 6.45) is 8.38. The number of fused-ring (bicyclic) bond motifs is 2. The first-order chi connectivity index (χ1) is 14.4. The standard InChI is InChI=1S/C22H23N5O3/c1-12(20(23)29)25-18(28)8-14-11-27-16(5-2-6-17(27)26-14)21(30)24-10-13-4-3-7-22-9-15(22)19(13)22/h2-3,5-7,11-12,15H,4,8-10H2,1H3,(H2,23,29)(H,24,30)(H,25,28).